The molecule has 0 atom stereocenters. The normalized spacial score (nSPS) is 11.7. The highest BCUT2D eigenvalue weighted by Gasteiger charge is 2.17. The van der Waals surface area contributed by atoms with Crippen LogP contribution in [0.4, 0.5) is 0 Å². The molecule has 0 aliphatic carbocycles. The fourth-order valence-corrected chi connectivity index (χ4v) is 2.02. The Morgan fingerprint density at radius 1 is 1.10 bits per heavy atom. The molecule has 1 aromatic heterocycles. The van der Waals surface area contributed by atoms with Crippen LogP contribution >= 0.6 is 0 Å². The predicted molar refractivity (Wildman–Crippen MR) is 85.1 cm³/mol. The van der Waals surface area contributed by atoms with Crippen LogP contribution in [0, 0.1) is 0 Å². The Bertz CT molecular complexity index is 396. The molecule has 0 radical (unpaired) electrons. The quantitative estimate of drug-likeness (QED) is 0.725. The second-order valence-corrected chi connectivity index (χ2v) is 6.42. The van der Waals surface area contributed by atoms with Crippen LogP contribution in [-0.4, -0.2) is 11.6 Å². The van der Waals surface area contributed by atoms with E-state index >= 15 is 0 Å². The van der Waals surface area contributed by atoms with Gasteiger partial charge in [-0.15, -0.1) is 0 Å². The SMILES string of the molecule is CCCCCCCOc1cc(CN)cc(C(C)(C)C)n1. The van der Waals surface area contributed by atoms with Gasteiger partial charge >= 0.3 is 0 Å². The van der Waals surface area contributed by atoms with Gasteiger partial charge < -0.3 is 10.5 Å². The lowest BCUT2D eigenvalue weighted by Gasteiger charge is -2.19. The molecular formula is C17H30N2O. The molecule has 3 nitrogen and oxygen atoms in total. The summed E-state index contributed by atoms with van der Waals surface area (Å²) >= 11 is 0. The van der Waals surface area contributed by atoms with Gasteiger partial charge in [-0.05, 0) is 18.1 Å². The minimum Gasteiger partial charge on any atom is -0.478 e. The first-order chi connectivity index (χ1) is 9.47. The van der Waals surface area contributed by atoms with Crippen molar-refractivity contribution in [3.05, 3.63) is 23.4 Å². The van der Waals surface area contributed by atoms with Crippen molar-refractivity contribution in [3.8, 4) is 5.88 Å². The minimum absolute atomic E-state index is 0.0183. The zero-order valence-corrected chi connectivity index (χ0v) is 13.5. The number of unbranched alkanes of at least 4 members (excludes halogenated alkanes) is 4. The number of aromatic nitrogens is 1. The topological polar surface area (TPSA) is 48.1 Å². The molecule has 0 fully saturated rings. The Hall–Kier alpha value is -1.09. The second kappa shape index (κ2) is 8.25. The van der Waals surface area contributed by atoms with E-state index in [1.165, 1.54) is 25.7 Å². The van der Waals surface area contributed by atoms with E-state index in [-0.39, 0.29) is 5.41 Å². The first kappa shape index (κ1) is 17.0. The third-order valence-electron chi connectivity index (χ3n) is 3.36. The van der Waals surface area contributed by atoms with E-state index in [9.17, 15) is 0 Å². The number of nitrogens with two attached hydrogens (primary N) is 1. The fraction of sp³-hybridized carbons (Fsp3) is 0.706. The van der Waals surface area contributed by atoms with E-state index < -0.39 is 0 Å². The standard InChI is InChI=1S/C17H30N2O/c1-5-6-7-8-9-10-20-16-12-14(13-18)11-15(19-16)17(2,3)4/h11-12H,5-10,13,18H2,1-4H3. The number of nitrogens with zero attached hydrogens (tertiary/aromatic N) is 1. The zero-order chi connectivity index (χ0) is 15.0. The van der Waals surface area contributed by atoms with Crippen LogP contribution in [0.1, 0.15) is 71.1 Å². The summed E-state index contributed by atoms with van der Waals surface area (Å²) in [5, 5.41) is 0. The summed E-state index contributed by atoms with van der Waals surface area (Å²) in [7, 11) is 0. The summed E-state index contributed by atoms with van der Waals surface area (Å²) in [6.07, 6.45) is 6.21. The van der Waals surface area contributed by atoms with Crippen LogP contribution in [0.25, 0.3) is 0 Å². The van der Waals surface area contributed by atoms with Crippen molar-refractivity contribution in [1.82, 2.24) is 4.98 Å². The maximum Gasteiger partial charge on any atom is 0.213 e. The van der Waals surface area contributed by atoms with Crippen LogP contribution in [-0.2, 0) is 12.0 Å². The molecule has 114 valence electrons. The van der Waals surface area contributed by atoms with Crippen molar-refractivity contribution in [2.75, 3.05) is 6.61 Å². The molecule has 0 unspecified atom stereocenters. The number of rotatable bonds is 8. The molecule has 0 aromatic carbocycles. The van der Waals surface area contributed by atoms with Crippen molar-refractivity contribution >= 4 is 0 Å². The van der Waals surface area contributed by atoms with Crippen molar-refractivity contribution in [1.29, 1.82) is 0 Å². The summed E-state index contributed by atoms with van der Waals surface area (Å²) in [4.78, 5) is 4.61. The molecular weight excluding hydrogens is 248 g/mol. The van der Waals surface area contributed by atoms with E-state index in [2.05, 4.69) is 38.7 Å². The predicted octanol–water partition coefficient (Wildman–Crippen LogP) is 4.19. The number of ether oxygens (including phenoxy) is 1. The summed E-state index contributed by atoms with van der Waals surface area (Å²) in [6.45, 7) is 9.97. The Balaban J connectivity index is 2.56. The first-order valence-corrected chi connectivity index (χ1v) is 7.81. The monoisotopic (exact) mass is 278 g/mol. The molecule has 0 amide bonds. The molecule has 1 rings (SSSR count). The van der Waals surface area contributed by atoms with Crippen molar-refractivity contribution in [2.45, 2.75) is 71.8 Å². The van der Waals surface area contributed by atoms with Crippen LogP contribution in [0.5, 0.6) is 5.88 Å². The average Bonchev–Trinajstić information content (AvgIpc) is 2.41. The third kappa shape index (κ3) is 5.91. The van der Waals surface area contributed by atoms with E-state index in [1.54, 1.807) is 0 Å². The Kier molecular flexibility index (Phi) is 7.00. The minimum atomic E-state index is 0.0183. The summed E-state index contributed by atoms with van der Waals surface area (Å²) in [5.41, 5.74) is 7.91. The Morgan fingerprint density at radius 3 is 2.40 bits per heavy atom. The fourth-order valence-electron chi connectivity index (χ4n) is 2.02. The van der Waals surface area contributed by atoms with E-state index in [4.69, 9.17) is 10.5 Å². The van der Waals surface area contributed by atoms with Crippen molar-refractivity contribution in [3.63, 3.8) is 0 Å². The molecule has 2 N–H and O–H groups in total. The highest BCUT2D eigenvalue weighted by atomic mass is 16.5. The highest BCUT2D eigenvalue weighted by Crippen LogP contribution is 2.24. The van der Waals surface area contributed by atoms with Crippen LogP contribution in [0.2, 0.25) is 0 Å². The number of pyridine rings is 1. The molecule has 20 heavy (non-hydrogen) atoms. The maximum atomic E-state index is 5.80. The lowest BCUT2D eigenvalue weighted by Crippen LogP contribution is -2.15. The molecule has 0 saturated heterocycles. The molecule has 3 heteroatoms. The van der Waals surface area contributed by atoms with E-state index in [0.717, 1.165) is 24.3 Å². The first-order valence-electron chi connectivity index (χ1n) is 7.81. The smallest absolute Gasteiger partial charge is 0.213 e. The Morgan fingerprint density at radius 2 is 1.80 bits per heavy atom. The molecule has 0 aliphatic rings. The Labute approximate surface area is 123 Å². The van der Waals surface area contributed by atoms with E-state index in [1.807, 2.05) is 6.07 Å². The van der Waals surface area contributed by atoms with Crippen molar-refractivity contribution in [2.24, 2.45) is 5.73 Å². The van der Waals surface area contributed by atoms with Crippen LogP contribution < -0.4 is 10.5 Å². The van der Waals surface area contributed by atoms with Gasteiger partial charge in [-0.2, -0.15) is 0 Å². The molecule has 1 aromatic rings. The average molecular weight is 278 g/mol. The molecule has 0 aliphatic heterocycles. The van der Waals surface area contributed by atoms with Gasteiger partial charge in [-0.3, -0.25) is 0 Å². The van der Waals surface area contributed by atoms with Gasteiger partial charge in [-0.1, -0.05) is 53.4 Å². The zero-order valence-electron chi connectivity index (χ0n) is 13.5. The van der Waals surface area contributed by atoms with Crippen molar-refractivity contribution < 1.29 is 4.74 Å². The third-order valence-corrected chi connectivity index (χ3v) is 3.36. The lowest BCUT2D eigenvalue weighted by atomic mass is 9.91. The van der Waals surface area contributed by atoms with Gasteiger partial charge in [0.25, 0.3) is 0 Å². The van der Waals surface area contributed by atoms with Crippen LogP contribution in [0.3, 0.4) is 0 Å². The van der Waals surface area contributed by atoms with Gasteiger partial charge in [0.05, 0.1) is 12.3 Å². The number of hydrogen-bond acceptors (Lipinski definition) is 3. The lowest BCUT2D eigenvalue weighted by molar-refractivity contribution is 0.291. The largest absolute Gasteiger partial charge is 0.478 e. The van der Waals surface area contributed by atoms with Gasteiger partial charge in [0.15, 0.2) is 0 Å². The summed E-state index contributed by atoms with van der Waals surface area (Å²) in [5.74, 6) is 0.716. The number of hydrogen-bond donors (Lipinski definition) is 1. The maximum absolute atomic E-state index is 5.80. The summed E-state index contributed by atoms with van der Waals surface area (Å²) < 4.78 is 5.80. The molecule has 0 bridgehead atoms. The highest BCUT2D eigenvalue weighted by molar-refractivity contribution is 5.28. The van der Waals surface area contributed by atoms with Gasteiger partial charge in [-0.25, -0.2) is 4.98 Å². The van der Waals surface area contributed by atoms with E-state index in [0.29, 0.717) is 12.4 Å². The van der Waals surface area contributed by atoms with Crippen LogP contribution in [0.15, 0.2) is 12.1 Å². The molecule has 0 spiro atoms. The van der Waals surface area contributed by atoms with Gasteiger partial charge in [0.1, 0.15) is 0 Å². The van der Waals surface area contributed by atoms with Gasteiger partial charge in [0.2, 0.25) is 5.88 Å². The summed E-state index contributed by atoms with van der Waals surface area (Å²) in [6, 6.07) is 4.04. The van der Waals surface area contributed by atoms with Gasteiger partial charge in [0, 0.05) is 18.0 Å². The molecule has 1 heterocycles. The molecule has 0 saturated carbocycles. The second-order valence-electron chi connectivity index (χ2n) is 6.42.